The van der Waals surface area contributed by atoms with E-state index in [1.807, 2.05) is 83.8 Å². The Hall–Kier alpha value is -3.99. The standard InChI is InChI=1S/C30H30N4O/c35-30(34(22-24-10-4-1-5-11-24)23-25-12-6-2-7-13-25)27-18-20-33(21-19-27)29-17-16-28(31-32-29)26-14-8-3-9-15-26/h1-17,27H,18-23H2. The molecule has 1 aromatic heterocycles. The molecular weight excluding hydrogens is 432 g/mol. The number of carbonyl (C=O) groups is 1. The molecule has 5 rings (SSSR count). The second-order valence-electron chi connectivity index (χ2n) is 9.07. The molecule has 35 heavy (non-hydrogen) atoms. The molecule has 0 unspecified atom stereocenters. The van der Waals surface area contributed by atoms with E-state index in [0.717, 1.165) is 54.1 Å². The summed E-state index contributed by atoms with van der Waals surface area (Å²) in [7, 11) is 0. The highest BCUT2D eigenvalue weighted by Gasteiger charge is 2.29. The van der Waals surface area contributed by atoms with Crippen LogP contribution in [-0.4, -0.2) is 34.1 Å². The number of rotatable bonds is 7. The predicted octanol–water partition coefficient (Wildman–Crippen LogP) is 5.59. The molecule has 0 N–H and O–H groups in total. The third kappa shape index (κ3) is 5.75. The lowest BCUT2D eigenvalue weighted by molar-refractivity contribution is -0.137. The number of piperidine rings is 1. The monoisotopic (exact) mass is 462 g/mol. The van der Waals surface area contributed by atoms with Crippen molar-refractivity contribution in [3.05, 3.63) is 114 Å². The summed E-state index contributed by atoms with van der Waals surface area (Å²) in [4.78, 5) is 17.9. The Morgan fingerprint density at radius 3 is 1.77 bits per heavy atom. The van der Waals surface area contributed by atoms with E-state index >= 15 is 0 Å². The minimum atomic E-state index is 0.0234. The Morgan fingerprint density at radius 1 is 0.714 bits per heavy atom. The first kappa shape index (κ1) is 22.8. The van der Waals surface area contributed by atoms with Crippen LogP contribution >= 0.6 is 0 Å². The molecular formula is C30H30N4O. The summed E-state index contributed by atoms with van der Waals surface area (Å²) >= 11 is 0. The molecule has 0 bridgehead atoms. The average Bonchev–Trinajstić information content (AvgIpc) is 2.94. The molecule has 3 aromatic carbocycles. The topological polar surface area (TPSA) is 49.3 Å². The molecule has 1 amide bonds. The van der Waals surface area contributed by atoms with Crippen LogP contribution in [0.25, 0.3) is 11.3 Å². The zero-order valence-corrected chi connectivity index (χ0v) is 19.8. The lowest BCUT2D eigenvalue weighted by Gasteiger charge is -2.35. The summed E-state index contributed by atoms with van der Waals surface area (Å²) < 4.78 is 0. The molecule has 1 saturated heterocycles. The zero-order valence-electron chi connectivity index (χ0n) is 19.8. The van der Waals surface area contributed by atoms with Crippen LogP contribution in [0, 0.1) is 5.92 Å². The van der Waals surface area contributed by atoms with Crippen LogP contribution in [0.3, 0.4) is 0 Å². The van der Waals surface area contributed by atoms with E-state index < -0.39 is 0 Å². The lowest BCUT2D eigenvalue weighted by atomic mass is 9.94. The molecule has 2 heterocycles. The molecule has 1 aliphatic rings. The van der Waals surface area contributed by atoms with Gasteiger partial charge in [0.05, 0.1) is 5.69 Å². The molecule has 1 fully saturated rings. The van der Waals surface area contributed by atoms with Crippen molar-refractivity contribution in [1.29, 1.82) is 0 Å². The summed E-state index contributed by atoms with van der Waals surface area (Å²) in [6.45, 7) is 2.86. The Morgan fingerprint density at radius 2 is 1.26 bits per heavy atom. The molecule has 0 aliphatic carbocycles. The first-order valence-electron chi connectivity index (χ1n) is 12.3. The van der Waals surface area contributed by atoms with Crippen LogP contribution in [0.1, 0.15) is 24.0 Å². The summed E-state index contributed by atoms with van der Waals surface area (Å²) in [5, 5.41) is 8.91. The van der Waals surface area contributed by atoms with Gasteiger partial charge in [0.2, 0.25) is 5.91 Å². The molecule has 5 heteroatoms. The number of nitrogens with zero attached hydrogens (tertiary/aromatic N) is 4. The maximum absolute atomic E-state index is 13.6. The van der Waals surface area contributed by atoms with Gasteiger partial charge >= 0.3 is 0 Å². The SMILES string of the molecule is O=C(C1CCN(c2ccc(-c3ccccc3)nn2)CC1)N(Cc1ccccc1)Cc1ccccc1. The number of carbonyl (C=O) groups excluding carboxylic acids is 1. The van der Waals surface area contributed by atoms with E-state index in [0.29, 0.717) is 13.1 Å². The molecule has 0 saturated carbocycles. The Balaban J connectivity index is 1.24. The molecule has 4 aromatic rings. The van der Waals surface area contributed by atoms with Gasteiger partial charge in [-0.3, -0.25) is 4.79 Å². The van der Waals surface area contributed by atoms with Gasteiger partial charge in [0.1, 0.15) is 0 Å². The van der Waals surface area contributed by atoms with Gasteiger partial charge < -0.3 is 9.80 Å². The van der Waals surface area contributed by atoms with Gasteiger partial charge in [-0.2, -0.15) is 0 Å². The third-order valence-corrected chi connectivity index (χ3v) is 6.63. The van der Waals surface area contributed by atoms with E-state index in [-0.39, 0.29) is 11.8 Å². The third-order valence-electron chi connectivity index (χ3n) is 6.63. The number of benzene rings is 3. The van der Waals surface area contributed by atoms with Crippen LogP contribution in [0.4, 0.5) is 5.82 Å². The fourth-order valence-electron chi connectivity index (χ4n) is 4.69. The highest BCUT2D eigenvalue weighted by molar-refractivity contribution is 5.79. The quantitative estimate of drug-likeness (QED) is 0.359. The largest absolute Gasteiger partial charge is 0.355 e. The molecule has 0 radical (unpaired) electrons. The average molecular weight is 463 g/mol. The van der Waals surface area contributed by atoms with Gasteiger partial charge in [0.25, 0.3) is 0 Å². The van der Waals surface area contributed by atoms with Crippen LogP contribution in [0.5, 0.6) is 0 Å². The summed E-state index contributed by atoms with van der Waals surface area (Å²) in [5.41, 5.74) is 4.25. The van der Waals surface area contributed by atoms with Crippen molar-refractivity contribution in [2.45, 2.75) is 25.9 Å². The number of hydrogen-bond donors (Lipinski definition) is 0. The van der Waals surface area contributed by atoms with Crippen molar-refractivity contribution < 1.29 is 4.79 Å². The van der Waals surface area contributed by atoms with Crippen LogP contribution in [-0.2, 0) is 17.9 Å². The summed E-state index contributed by atoms with van der Waals surface area (Å²) in [6, 6.07) is 34.7. The van der Waals surface area contributed by atoms with Crippen molar-refractivity contribution in [1.82, 2.24) is 15.1 Å². The van der Waals surface area contributed by atoms with Gasteiger partial charge in [-0.05, 0) is 36.1 Å². The fourth-order valence-corrected chi connectivity index (χ4v) is 4.69. The smallest absolute Gasteiger partial charge is 0.226 e. The fraction of sp³-hybridized carbons (Fsp3) is 0.233. The van der Waals surface area contributed by atoms with Gasteiger partial charge in [0.15, 0.2) is 5.82 Å². The van der Waals surface area contributed by atoms with Crippen LogP contribution in [0.15, 0.2) is 103 Å². The molecule has 1 aliphatic heterocycles. The summed E-state index contributed by atoms with van der Waals surface area (Å²) in [6.07, 6.45) is 1.64. The van der Waals surface area contributed by atoms with Gasteiger partial charge in [-0.25, -0.2) is 0 Å². The van der Waals surface area contributed by atoms with E-state index in [9.17, 15) is 4.79 Å². The Labute approximate surface area is 207 Å². The highest BCUT2D eigenvalue weighted by atomic mass is 16.2. The van der Waals surface area contributed by atoms with Crippen molar-refractivity contribution in [3.8, 4) is 11.3 Å². The number of anilines is 1. The van der Waals surface area contributed by atoms with Gasteiger partial charge in [0, 0.05) is 37.7 Å². The molecule has 176 valence electrons. The zero-order chi connectivity index (χ0) is 23.9. The van der Waals surface area contributed by atoms with E-state index in [4.69, 9.17) is 0 Å². The van der Waals surface area contributed by atoms with Gasteiger partial charge in [-0.15, -0.1) is 10.2 Å². The molecule has 0 spiro atoms. The number of hydrogen-bond acceptors (Lipinski definition) is 4. The first-order valence-corrected chi connectivity index (χ1v) is 12.3. The minimum Gasteiger partial charge on any atom is -0.355 e. The first-order chi connectivity index (χ1) is 17.3. The van der Waals surface area contributed by atoms with Crippen molar-refractivity contribution in [2.75, 3.05) is 18.0 Å². The van der Waals surface area contributed by atoms with Crippen LogP contribution in [0.2, 0.25) is 0 Å². The minimum absolute atomic E-state index is 0.0234. The molecule has 0 atom stereocenters. The second-order valence-corrected chi connectivity index (χ2v) is 9.07. The Bertz CT molecular complexity index is 1160. The van der Waals surface area contributed by atoms with E-state index in [2.05, 4.69) is 39.4 Å². The van der Waals surface area contributed by atoms with Crippen LogP contribution < -0.4 is 4.90 Å². The maximum atomic E-state index is 13.6. The second kappa shape index (κ2) is 11.0. The normalized spacial score (nSPS) is 14.0. The predicted molar refractivity (Wildman–Crippen MR) is 140 cm³/mol. The van der Waals surface area contributed by atoms with Gasteiger partial charge in [-0.1, -0.05) is 91.0 Å². The van der Waals surface area contributed by atoms with E-state index in [1.165, 1.54) is 0 Å². The number of aromatic nitrogens is 2. The van der Waals surface area contributed by atoms with Crippen molar-refractivity contribution in [2.24, 2.45) is 5.92 Å². The van der Waals surface area contributed by atoms with Crippen molar-refractivity contribution in [3.63, 3.8) is 0 Å². The number of amides is 1. The summed E-state index contributed by atoms with van der Waals surface area (Å²) in [5.74, 6) is 1.14. The Kier molecular flexibility index (Phi) is 7.13. The maximum Gasteiger partial charge on any atom is 0.226 e. The van der Waals surface area contributed by atoms with Crippen molar-refractivity contribution >= 4 is 11.7 Å². The van der Waals surface area contributed by atoms with E-state index in [1.54, 1.807) is 0 Å². The highest BCUT2D eigenvalue weighted by Crippen LogP contribution is 2.26. The molecule has 5 nitrogen and oxygen atoms in total. The lowest BCUT2D eigenvalue weighted by Crippen LogP contribution is -2.42.